The molecule has 0 aliphatic heterocycles. The smallest absolute Gasteiger partial charge is 0.416 e. The van der Waals surface area contributed by atoms with Crippen LogP contribution in [0.5, 0.6) is 5.75 Å². The maximum atomic E-state index is 12.3. The van der Waals surface area contributed by atoms with Crippen LogP contribution in [-0.4, -0.2) is 36.0 Å². The maximum Gasteiger partial charge on any atom is 0.416 e. The number of ether oxygens (including phenoxy) is 1. The van der Waals surface area contributed by atoms with Crippen molar-refractivity contribution < 1.29 is 23.0 Å². The molecule has 0 amide bonds. The summed E-state index contributed by atoms with van der Waals surface area (Å²) in [5.74, 6) is 0.574. The number of halogens is 3. The Morgan fingerprint density at radius 2 is 2.10 bits per heavy atom. The topological polar surface area (TPSA) is 54.4 Å². The first kappa shape index (κ1) is 14.4. The lowest BCUT2D eigenvalue weighted by Crippen LogP contribution is -2.35. The van der Waals surface area contributed by atoms with Gasteiger partial charge in [-0.1, -0.05) is 0 Å². The molecular formula is C13H13F3N2O2. The van der Waals surface area contributed by atoms with E-state index in [0.29, 0.717) is 22.3 Å². The summed E-state index contributed by atoms with van der Waals surface area (Å²) in [6.07, 6.45) is -5.58. The Bertz CT molecular complexity index is 602. The molecule has 0 unspecified atom stereocenters. The summed E-state index contributed by atoms with van der Waals surface area (Å²) in [7, 11) is 1.50. The summed E-state index contributed by atoms with van der Waals surface area (Å²) < 4.78 is 41.9. The fourth-order valence-corrected chi connectivity index (χ4v) is 1.73. The van der Waals surface area contributed by atoms with Gasteiger partial charge in [-0.15, -0.1) is 0 Å². The van der Waals surface area contributed by atoms with E-state index in [1.54, 1.807) is 24.3 Å². The first-order valence-corrected chi connectivity index (χ1v) is 5.83. The number of aromatic nitrogens is 1. The molecule has 108 valence electrons. The standard InChI is InChI=1S/C13H13F3N2O2/c1-20-8-2-3-10-9(6-8)11(4-5-17-10)18-7-12(19)13(14,15)16/h2-6,12,19H,7H2,1H3,(H,17,18)/t12-/m1/s1. The molecule has 0 saturated heterocycles. The summed E-state index contributed by atoms with van der Waals surface area (Å²) in [5, 5.41) is 12.2. The molecule has 2 aromatic rings. The minimum atomic E-state index is -4.65. The molecule has 1 aromatic heterocycles. The minimum Gasteiger partial charge on any atom is -0.497 e. The van der Waals surface area contributed by atoms with Gasteiger partial charge in [0, 0.05) is 23.8 Å². The fraction of sp³-hybridized carbons (Fsp3) is 0.308. The average Bonchev–Trinajstić information content (AvgIpc) is 2.43. The van der Waals surface area contributed by atoms with E-state index in [2.05, 4.69) is 10.3 Å². The molecular weight excluding hydrogens is 273 g/mol. The van der Waals surface area contributed by atoms with E-state index in [0.717, 1.165) is 0 Å². The third kappa shape index (κ3) is 3.11. The van der Waals surface area contributed by atoms with Crippen molar-refractivity contribution in [2.75, 3.05) is 19.0 Å². The molecule has 0 spiro atoms. The number of alkyl halides is 3. The van der Waals surface area contributed by atoms with Crippen molar-refractivity contribution in [2.24, 2.45) is 0 Å². The predicted molar refractivity (Wildman–Crippen MR) is 68.8 cm³/mol. The lowest BCUT2D eigenvalue weighted by molar-refractivity contribution is -0.198. The van der Waals surface area contributed by atoms with E-state index in [9.17, 15) is 13.2 Å². The molecule has 1 aromatic carbocycles. The third-order valence-corrected chi connectivity index (χ3v) is 2.81. The van der Waals surface area contributed by atoms with E-state index in [-0.39, 0.29) is 0 Å². The quantitative estimate of drug-likeness (QED) is 0.907. The number of aliphatic hydroxyl groups excluding tert-OH is 1. The van der Waals surface area contributed by atoms with Crippen molar-refractivity contribution in [1.29, 1.82) is 0 Å². The highest BCUT2D eigenvalue weighted by Gasteiger charge is 2.37. The van der Waals surface area contributed by atoms with Crippen molar-refractivity contribution in [3.05, 3.63) is 30.5 Å². The van der Waals surface area contributed by atoms with E-state index in [4.69, 9.17) is 9.84 Å². The molecule has 7 heteroatoms. The van der Waals surface area contributed by atoms with Crippen molar-refractivity contribution in [3.8, 4) is 5.75 Å². The second-order valence-corrected chi connectivity index (χ2v) is 4.18. The lowest BCUT2D eigenvalue weighted by atomic mass is 10.1. The first-order valence-electron chi connectivity index (χ1n) is 5.83. The van der Waals surface area contributed by atoms with Gasteiger partial charge in [0.05, 0.1) is 12.6 Å². The molecule has 0 radical (unpaired) electrons. The summed E-state index contributed by atoms with van der Waals surface area (Å²) in [4.78, 5) is 4.11. The van der Waals surface area contributed by atoms with Gasteiger partial charge in [-0.2, -0.15) is 13.2 Å². The van der Waals surface area contributed by atoms with Crippen LogP contribution in [0.1, 0.15) is 0 Å². The number of nitrogens with one attached hydrogen (secondary N) is 1. The zero-order valence-corrected chi connectivity index (χ0v) is 10.6. The van der Waals surface area contributed by atoms with E-state index < -0.39 is 18.8 Å². The Kier molecular flexibility index (Phi) is 3.99. The van der Waals surface area contributed by atoms with Gasteiger partial charge >= 0.3 is 6.18 Å². The summed E-state index contributed by atoms with van der Waals surface area (Å²) in [5.41, 5.74) is 1.08. The van der Waals surface area contributed by atoms with Gasteiger partial charge in [-0.3, -0.25) is 4.98 Å². The number of pyridine rings is 1. The molecule has 0 fully saturated rings. The molecule has 2 N–H and O–H groups in total. The van der Waals surface area contributed by atoms with Crippen LogP contribution in [0.4, 0.5) is 18.9 Å². The third-order valence-electron chi connectivity index (χ3n) is 2.81. The van der Waals surface area contributed by atoms with Gasteiger partial charge in [-0.25, -0.2) is 0 Å². The number of nitrogens with zero attached hydrogens (tertiary/aromatic N) is 1. The number of benzene rings is 1. The van der Waals surface area contributed by atoms with Crippen molar-refractivity contribution in [2.45, 2.75) is 12.3 Å². The molecule has 0 saturated carbocycles. The molecule has 1 atom stereocenters. The Balaban J connectivity index is 2.25. The summed E-state index contributed by atoms with van der Waals surface area (Å²) in [6, 6.07) is 6.64. The van der Waals surface area contributed by atoms with Gasteiger partial charge in [0.25, 0.3) is 0 Å². The monoisotopic (exact) mass is 286 g/mol. The highest BCUT2D eigenvalue weighted by Crippen LogP contribution is 2.27. The van der Waals surface area contributed by atoms with E-state index >= 15 is 0 Å². The van der Waals surface area contributed by atoms with Gasteiger partial charge in [0.2, 0.25) is 0 Å². The van der Waals surface area contributed by atoms with Crippen molar-refractivity contribution in [1.82, 2.24) is 4.98 Å². The molecule has 4 nitrogen and oxygen atoms in total. The Morgan fingerprint density at radius 1 is 1.35 bits per heavy atom. The number of fused-ring (bicyclic) bond motifs is 1. The predicted octanol–water partition coefficient (Wildman–Crippen LogP) is 2.58. The van der Waals surface area contributed by atoms with Crippen LogP contribution in [0.25, 0.3) is 10.9 Å². The zero-order chi connectivity index (χ0) is 14.8. The van der Waals surface area contributed by atoms with E-state index in [1.165, 1.54) is 13.3 Å². The Labute approximate surface area is 113 Å². The van der Waals surface area contributed by atoms with Crippen molar-refractivity contribution in [3.63, 3.8) is 0 Å². The zero-order valence-electron chi connectivity index (χ0n) is 10.6. The highest BCUT2D eigenvalue weighted by molar-refractivity contribution is 5.92. The van der Waals surface area contributed by atoms with Gasteiger partial charge in [0.1, 0.15) is 5.75 Å². The van der Waals surface area contributed by atoms with E-state index in [1.807, 2.05) is 0 Å². The van der Waals surface area contributed by atoms with Crippen LogP contribution in [-0.2, 0) is 0 Å². The second kappa shape index (κ2) is 5.54. The average molecular weight is 286 g/mol. The SMILES string of the molecule is COc1ccc2nccc(NC[C@@H](O)C(F)(F)F)c2c1. The normalized spacial score (nSPS) is 13.2. The first-order chi connectivity index (χ1) is 9.41. The van der Waals surface area contributed by atoms with Crippen LogP contribution in [0, 0.1) is 0 Å². The van der Waals surface area contributed by atoms with Crippen LogP contribution in [0.2, 0.25) is 0 Å². The highest BCUT2D eigenvalue weighted by atomic mass is 19.4. The fourth-order valence-electron chi connectivity index (χ4n) is 1.73. The minimum absolute atomic E-state index is 0.456. The van der Waals surface area contributed by atoms with Gasteiger partial charge in [0.15, 0.2) is 6.10 Å². The maximum absolute atomic E-state index is 12.3. The number of methoxy groups -OCH3 is 1. The van der Waals surface area contributed by atoms with Crippen LogP contribution >= 0.6 is 0 Å². The Hall–Kier alpha value is -2.02. The number of aliphatic hydroxyl groups is 1. The number of hydrogen-bond donors (Lipinski definition) is 2. The molecule has 20 heavy (non-hydrogen) atoms. The van der Waals surface area contributed by atoms with Crippen LogP contribution in [0.15, 0.2) is 30.5 Å². The molecule has 0 aliphatic carbocycles. The summed E-state index contributed by atoms with van der Waals surface area (Å²) >= 11 is 0. The molecule has 0 aliphatic rings. The number of rotatable bonds is 4. The number of hydrogen-bond acceptors (Lipinski definition) is 4. The molecule has 1 heterocycles. The van der Waals surface area contributed by atoms with Crippen molar-refractivity contribution >= 4 is 16.6 Å². The van der Waals surface area contributed by atoms with Crippen LogP contribution < -0.4 is 10.1 Å². The molecule has 0 bridgehead atoms. The van der Waals surface area contributed by atoms with Gasteiger partial charge < -0.3 is 15.2 Å². The number of anilines is 1. The lowest BCUT2D eigenvalue weighted by Gasteiger charge is -2.16. The largest absolute Gasteiger partial charge is 0.497 e. The second-order valence-electron chi connectivity index (χ2n) is 4.18. The van der Waals surface area contributed by atoms with Crippen LogP contribution in [0.3, 0.4) is 0 Å². The summed E-state index contributed by atoms with van der Waals surface area (Å²) in [6.45, 7) is -0.625. The van der Waals surface area contributed by atoms with Gasteiger partial charge in [-0.05, 0) is 24.3 Å². The molecule has 2 rings (SSSR count). The Morgan fingerprint density at radius 3 is 2.75 bits per heavy atom.